The van der Waals surface area contributed by atoms with E-state index in [9.17, 15) is 8.42 Å². The highest BCUT2D eigenvalue weighted by Gasteiger charge is 2.29. The number of thiophene rings is 1. The van der Waals surface area contributed by atoms with Crippen molar-refractivity contribution in [3.8, 4) is 0 Å². The molecule has 1 atom stereocenters. The van der Waals surface area contributed by atoms with Crippen LogP contribution < -0.4 is 9.62 Å². The lowest BCUT2D eigenvalue weighted by Gasteiger charge is -2.38. The Morgan fingerprint density at radius 1 is 1.26 bits per heavy atom. The normalized spacial score (nSPS) is 20.3. The Bertz CT molecular complexity index is 1450. The molecule has 6 rings (SSSR count). The van der Waals surface area contributed by atoms with Gasteiger partial charge in [0.05, 0.1) is 47.5 Å². The van der Waals surface area contributed by atoms with Gasteiger partial charge in [-0.2, -0.15) is 5.10 Å². The fraction of sp³-hybridized carbons (Fsp3) is 0.409. The fourth-order valence-corrected chi connectivity index (χ4v) is 6.47. The van der Waals surface area contributed by atoms with Crippen molar-refractivity contribution in [2.24, 2.45) is 0 Å². The molecule has 0 spiro atoms. The zero-order valence-corrected chi connectivity index (χ0v) is 20.3. The number of nitrogens with one attached hydrogen (secondary N) is 2. The van der Waals surface area contributed by atoms with E-state index >= 15 is 0 Å². The number of H-pyrrole nitrogens is 1. The summed E-state index contributed by atoms with van der Waals surface area (Å²) in [6.07, 6.45) is 4.87. The van der Waals surface area contributed by atoms with Crippen LogP contribution in [-0.4, -0.2) is 78.6 Å². The van der Waals surface area contributed by atoms with Gasteiger partial charge in [-0.3, -0.25) is 10.00 Å². The Labute approximate surface area is 201 Å². The smallest absolute Gasteiger partial charge is 0.226 e. The number of hydrogen-bond acceptors (Lipinski definition) is 9. The third-order valence-electron chi connectivity index (χ3n) is 6.24. The highest BCUT2D eigenvalue weighted by molar-refractivity contribution is 7.88. The van der Waals surface area contributed by atoms with Crippen LogP contribution in [0, 0.1) is 0 Å². The molecule has 3 aromatic heterocycles. The number of fused-ring (bicyclic) bond motifs is 2. The summed E-state index contributed by atoms with van der Waals surface area (Å²) in [5.74, 6) is 0.714. The fourth-order valence-electron chi connectivity index (χ4n) is 4.70. The van der Waals surface area contributed by atoms with E-state index in [0.717, 1.165) is 52.9 Å². The minimum atomic E-state index is -3.16. The van der Waals surface area contributed by atoms with Crippen LogP contribution in [0.15, 0.2) is 36.7 Å². The van der Waals surface area contributed by atoms with E-state index in [2.05, 4.69) is 41.8 Å². The number of aromatic amines is 1. The molecule has 2 aliphatic rings. The first-order valence-corrected chi connectivity index (χ1v) is 13.9. The van der Waals surface area contributed by atoms with E-state index in [1.54, 1.807) is 11.3 Å². The minimum absolute atomic E-state index is 0.00191. The van der Waals surface area contributed by atoms with Gasteiger partial charge in [0.2, 0.25) is 16.0 Å². The first-order chi connectivity index (χ1) is 16.4. The quantitative estimate of drug-likeness (QED) is 0.413. The average Bonchev–Trinajstić information content (AvgIpc) is 3.42. The summed E-state index contributed by atoms with van der Waals surface area (Å²) in [5, 5.41) is 8.27. The van der Waals surface area contributed by atoms with Gasteiger partial charge in [-0.05, 0) is 17.7 Å². The number of nitrogens with zero attached hydrogens (tertiary/aromatic N) is 5. The number of benzene rings is 1. The number of sulfonamides is 1. The molecule has 10 nitrogen and oxygen atoms in total. The van der Waals surface area contributed by atoms with Gasteiger partial charge in [-0.1, -0.05) is 12.1 Å². The molecular weight excluding hydrogens is 474 g/mol. The van der Waals surface area contributed by atoms with Gasteiger partial charge < -0.3 is 9.64 Å². The SMILES string of the molecule is CS(=O)(=O)NC1CN(Cc2cc3nc(N4CCOC(c5cccc6[nH]ncc56)C4)ncc3s2)C1. The topological polar surface area (TPSA) is 116 Å². The Morgan fingerprint density at radius 2 is 2.15 bits per heavy atom. The lowest BCUT2D eigenvalue weighted by molar-refractivity contribution is 0.0402. The molecule has 2 N–H and O–H groups in total. The number of anilines is 1. The van der Waals surface area contributed by atoms with Crippen LogP contribution in [-0.2, 0) is 21.3 Å². The first-order valence-electron chi connectivity index (χ1n) is 11.1. The molecular formula is C22H25N7O3S2. The molecule has 1 aromatic carbocycles. The standard InChI is InChI=1S/C22H25N7O3S2/c1-34(30,31)27-14-10-28(11-14)12-15-7-19-21(33-15)9-23-22(25-19)29-5-6-32-20(13-29)16-3-2-4-18-17(16)8-24-26-18/h2-4,7-9,14,20,27H,5-6,10-13H2,1H3,(H,24,26). The zero-order chi connectivity index (χ0) is 23.3. The van der Waals surface area contributed by atoms with Gasteiger partial charge in [0.25, 0.3) is 0 Å². The van der Waals surface area contributed by atoms with Crippen molar-refractivity contribution in [3.05, 3.63) is 47.1 Å². The van der Waals surface area contributed by atoms with Crippen molar-refractivity contribution in [1.82, 2.24) is 29.8 Å². The van der Waals surface area contributed by atoms with Crippen molar-refractivity contribution < 1.29 is 13.2 Å². The van der Waals surface area contributed by atoms with Crippen molar-refractivity contribution >= 4 is 48.4 Å². The van der Waals surface area contributed by atoms with E-state index < -0.39 is 10.0 Å². The molecule has 0 saturated carbocycles. The molecule has 5 heterocycles. The lowest BCUT2D eigenvalue weighted by atomic mass is 10.0. The molecule has 12 heteroatoms. The van der Waals surface area contributed by atoms with E-state index in [4.69, 9.17) is 9.72 Å². The molecule has 0 aliphatic carbocycles. The summed E-state index contributed by atoms with van der Waals surface area (Å²) in [4.78, 5) is 15.1. The summed E-state index contributed by atoms with van der Waals surface area (Å²) >= 11 is 1.69. The maximum Gasteiger partial charge on any atom is 0.226 e. The van der Waals surface area contributed by atoms with E-state index in [-0.39, 0.29) is 12.1 Å². The van der Waals surface area contributed by atoms with Gasteiger partial charge in [0.1, 0.15) is 6.10 Å². The average molecular weight is 500 g/mol. The number of hydrogen-bond donors (Lipinski definition) is 2. The second kappa shape index (κ2) is 8.54. The van der Waals surface area contributed by atoms with Gasteiger partial charge in [0.15, 0.2) is 0 Å². The van der Waals surface area contributed by atoms with Crippen LogP contribution in [0.2, 0.25) is 0 Å². The molecule has 0 radical (unpaired) electrons. The highest BCUT2D eigenvalue weighted by atomic mass is 32.2. The molecule has 0 bridgehead atoms. The van der Waals surface area contributed by atoms with Crippen LogP contribution in [0.25, 0.3) is 21.1 Å². The molecule has 2 aliphatic heterocycles. The van der Waals surface area contributed by atoms with Crippen molar-refractivity contribution in [1.29, 1.82) is 0 Å². The van der Waals surface area contributed by atoms with Crippen LogP contribution in [0.1, 0.15) is 16.5 Å². The van der Waals surface area contributed by atoms with Crippen LogP contribution >= 0.6 is 11.3 Å². The van der Waals surface area contributed by atoms with Crippen molar-refractivity contribution in [2.75, 3.05) is 43.9 Å². The largest absolute Gasteiger partial charge is 0.370 e. The third-order valence-corrected chi connectivity index (χ3v) is 8.05. The first kappa shape index (κ1) is 21.9. The molecule has 4 aromatic rings. The Morgan fingerprint density at radius 3 is 3.00 bits per heavy atom. The zero-order valence-electron chi connectivity index (χ0n) is 18.6. The summed E-state index contributed by atoms with van der Waals surface area (Å²) < 4.78 is 32.5. The molecule has 178 valence electrons. The summed E-state index contributed by atoms with van der Waals surface area (Å²) in [5.41, 5.74) is 3.06. The monoisotopic (exact) mass is 499 g/mol. The minimum Gasteiger partial charge on any atom is -0.370 e. The second-order valence-corrected chi connectivity index (χ2v) is 11.8. The Balaban J connectivity index is 1.15. The third kappa shape index (κ3) is 4.39. The van der Waals surface area contributed by atoms with Crippen LogP contribution in [0.4, 0.5) is 5.95 Å². The van der Waals surface area contributed by atoms with Gasteiger partial charge in [-0.15, -0.1) is 11.3 Å². The molecule has 2 fully saturated rings. The summed E-state index contributed by atoms with van der Waals surface area (Å²) in [6.45, 7) is 4.24. The molecule has 1 unspecified atom stereocenters. The van der Waals surface area contributed by atoms with E-state index in [0.29, 0.717) is 19.1 Å². The predicted octanol–water partition coefficient (Wildman–Crippen LogP) is 1.88. The summed E-state index contributed by atoms with van der Waals surface area (Å²) in [6, 6.07) is 8.24. The van der Waals surface area contributed by atoms with Crippen LogP contribution in [0.3, 0.4) is 0 Å². The molecule has 0 amide bonds. The second-order valence-electron chi connectivity index (χ2n) is 8.90. The summed E-state index contributed by atoms with van der Waals surface area (Å²) in [7, 11) is -3.16. The Hall–Kier alpha value is -2.64. The van der Waals surface area contributed by atoms with E-state index in [1.807, 2.05) is 24.5 Å². The lowest BCUT2D eigenvalue weighted by Crippen LogP contribution is -2.58. The number of rotatable bonds is 6. The van der Waals surface area contributed by atoms with Gasteiger partial charge in [0, 0.05) is 42.5 Å². The number of morpholine rings is 1. The van der Waals surface area contributed by atoms with Crippen molar-refractivity contribution in [3.63, 3.8) is 0 Å². The van der Waals surface area contributed by atoms with Gasteiger partial charge >= 0.3 is 0 Å². The van der Waals surface area contributed by atoms with Crippen molar-refractivity contribution in [2.45, 2.75) is 18.7 Å². The predicted molar refractivity (Wildman–Crippen MR) is 131 cm³/mol. The number of ether oxygens (including phenoxy) is 1. The van der Waals surface area contributed by atoms with E-state index in [1.165, 1.54) is 11.1 Å². The van der Waals surface area contributed by atoms with Crippen LogP contribution in [0.5, 0.6) is 0 Å². The number of aromatic nitrogens is 4. The van der Waals surface area contributed by atoms with Gasteiger partial charge in [-0.25, -0.2) is 23.1 Å². The maximum absolute atomic E-state index is 11.4. The Kier molecular flexibility index (Phi) is 5.49. The maximum atomic E-state index is 11.4. The highest BCUT2D eigenvalue weighted by Crippen LogP contribution is 2.31. The molecule has 2 saturated heterocycles. The molecule has 34 heavy (non-hydrogen) atoms. The number of likely N-dealkylation sites (tertiary alicyclic amines) is 1.